The average Bonchev–Trinajstić information content (AvgIpc) is 2.38. The highest BCUT2D eigenvalue weighted by Crippen LogP contribution is 2.37. The summed E-state index contributed by atoms with van der Waals surface area (Å²) in [6, 6.07) is 0. The van der Waals surface area contributed by atoms with Crippen molar-refractivity contribution in [2.45, 2.75) is 57.8 Å². The lowest BCUT2D eigenvalue weighted by Crippen LogP contribution is -2.31. The van der Waals surface area contributed by atoms with Crippen molar-refractivity contribution in [1.29, 1.82) is 0 Å². The average molecular weight is 416 g/mol. The van der Waals surface area contributed by atoms with Gasteiger partial charge in [0.2, 0.25) is 0 Å². The van der Waals surface area contributed by atoms with Crippen LogP contribution in [0.2, 0.25) is 0 Å². The number of aliphatic carboxylic acids is 2. The number of hydrogen-bond acceptors (Lipinski definition) is 2. The number of alkyl halides is 2. The van der Waals surface area contributed by atoms with Crippen molar-refractivity contribution in [3.8, 4) is 0 Å². The van der Waals surface area contributed by atoms with Crippen LogP contribution in [0.25, 0.3) is 0 Å². The molecular weight excluding hydrogens is 392 g/mol. The van der Waals surface area contributed by atoms with Crippen molar-refractivity contribution in [2.24, 2.45) is 5.41 Å². The fourth-order valence-corrected chi connectivity index (χ4v) is 3.18. The van der Waals surface area contributed by atoms with Gasteiger partial charge in [0, 0.05) is 17.1 Å². The van der Waals surface area contributed by atoms with Crippen molar-refractivity contribution >= 4 is 43.8 Å². The summed E-state index contributed by atoms with van der Waals surface area (Å²) in [5, 5.41) is 20.1. The van der Waals surface area contributed by atoms with Crippen LogP contribution in [0.5, 0.6) is 0 Å². The molecule has 0 amide bonds. The number of unbranched alkanes of at least 4 members (excludes halogenated alkanes) is 2. The van der Waals surface area contributed by atoms with Crippen molar-refractivity contribution in [3.63, 3.8) is 0 Å². The van der Waals surface area contributed by atoms with E-state index in [1.807, 2.05) is 0 Å². The fourth-order valence-electron chi connectivity index (χ4n) is 2.39. The number of carbonyl (C=O) groups is 2. The molecular formula is C14H24Br2O4. The van der Waals surface area contributed by atoms with Gasteiger partial charge in [-0.1, -0.05) is 44.7 Å². The molecule has 0 radical (unpaired) electrons. The Bertz CT molecular complexity index is 285. The number of carboxylic acids is 2. The summed E-state index contributed by atoms with van der Waals surface area (Å²) in [5.74, 6) is -1.63. The quantitative estimate of drug-likeness (QED) is 0.344. The maximum Gasteiger partial charge on any atom is 0.309 e. The van der Waals surface area contributed by atoms with E-state index in [1.165, 1.54) is 0 Å². The monoisotopic (exact) mass is 414 g/mol. The van der Waals surface area contributed by atoms with Gasteiger partial charge in [-0.3, -0.25) is 9.59 Å². The smallest absolute Gasteiger partial charge is 0.309 e. The molecule has 0 rings (SSSR count). The third kappa shape index (κ3) is 8.25. The van der Waals surface area contributed by atoms with Gasteiger partial charge in [-0.2, -0.15) is 0 Å². The molecule has 0 heterocycles. The Morgan fingerprint density at radius 1 is 0.800 bits per heavy atom. The highest BCUT2D eigenvalue weighted by atomic mass is 79.9. The molecule has 0 bridgehead atoms. The first-order valence-corrected chi connectivity index (χ1v) is 9.30. The lowest BCUT2D eigenvalue weighted by atomic mass is 9.74. The Kier molecular flexibility index (Phi) is 11.5. The van der Waals surface area contributed by atoms with Crippen molar-refractivity contribution in [2.75, 3.05) is 10.7 Å². The van der Waals surface area contributed by atoms with E-state index in [4.69, 9.17) is 5.11 Å². The van der Waals surface area contributed by atoms with Crippen LogP contribution in [0.3, 0.4) is 0 Å². The first-order chi connectivity index (χ1) is 9.48. The first kappa shape index (κ1) is 19.9. The second-order valence-electron chi connectivity index (χ2n) is 5.12. The van der Waals surface area contributed by atoms with E-state index in [9.17, 15) is 14.7 Å². The summed E-state index contributed by atoms with van der Waals surface area (Å²) in [4.78, 5) is 22.3. The van der Waals surface area contributed by atoms with Gasteiger partial charge in [0.05, 0.1) is 5.41 Å². The fraction of sp³-hybridized carbons (Fsp3) is 0.857. The number of halogens is 2. The van der Waals surface area contributed by atoms with Gasteiger partial charge in [0.15, 0.2) is 0 Å². The summed E-state index contributed by atoms with van der Waals surface area (Å²) < 4.78 is 0. The van der Waals surface area contributed by atoms with E-state index in [2.05, 4.69) is 31.9 Å². The molecule has 0 unspecified atom stereocenters. The molecule has 6 heteroatoms. The first-order valence-electron chi connectivity index (χ1n) is 7.05. The highest BCUT2D eigenvalue weighted by molar-refractivity contribution is 9.09. The van der Waals surface area contributed by atoms with Crippen molar-refractivity contribution in [1.82, 2.24) is 0 Å². The van der Waals surface area contributed by atoms with Crippen LogP contribution < -0.4 is 0 Å². The zero-order chi connectivity index (χ0) is 15.4. The summed E-state index contributed by atoms with van der Waals surface area (Å²) in [6.45, 7) is 0. The zero-order valence-electron chi connectivity index (χ0n) is 11.7. The molecule has 0 aliphatic heterocycles. The Hall–Kier alpha value is -0.100. The zero-order valence-corrected chi connectivity index (χ0v) is 14.9. The largest absolute Gasteiger partial charge is 0.481 e. The standard InChI is InChI=1S/C14H24Br2O4/c15-10-3-1-7-14(13(19)20,8-2-4-11-16)9-5-6-12(17)18/h1-11H2,(H,17,18)(H,19,20). The maximum atomic E-state index is 11.7. The summed E-state index contributed by atoms with van der Waals surface area (Å²) >= 11 is 6.72. The van der Waals surface area contributed by atoms with Crippen LogP contribution in [0, 0.1) is 5.41 Å². The summed E-state index contributed by atoms with van der Waals surface area (Å²) in [6.07, 6.45) is 5.83. The minimum atomic E-state index is -0.856. The predicted octanol–water partition coefficient (Wildman–Crippen LogP) is 4.44. The lowest BCUT2D eigenvalue weighted by Gasteiger charge is -2.29. The van der Waals surface area contributed by atoms with Gasteiger partial charge in [-0.25, -0.2) is 0 Å². The van der Waals surface area contributed by atoms with Gasteiger partial charge in [-0.05, 0) is 38.5 Å². The minimum absolute atomic E-state index is 0.0475. The molecule has 0 aliphatic carbocycles. The molecule has 0 spiro atoms. The Balaban J connectivity index is 4.63. The van der Waals surface area contributed by atoms with Gasteiger partial charge >= 0.3 is 11.9 Å². The van der Waals surface area contributed by atoms with Crippen LogP contribution >= 0.6 is 31.9 Å². The molecule has 20 heavy (non-hydrogen) atoms. The van der Waals surface area contributed by atoms with E-state index in [1.54, 1.807) is 0 Å². The topological polar surface area (TPSA) is 74.6 Å². The number of hydrogen-bond donors (Lipinski definition) is 2. The Morgan fingerprint density at radius 2 is 1.25 bits per heavy atom. The molecule has 4 nitrogen and oxygen atoms in total. The van der Waals surface area contributed by atoms with E-state index in [0.29, 0.717) is 25.7 Å². The Morgan fingerprint density at radius 3 is 1.60 bits per heavy atom. The third-order valence-corrected chi connectivity index (χ3v) is 4.70. The molecule has 0 fully saturated rings. The molecule has 0 aromatic heterocycles. The lowest BCUT2D eigenvalue weighted by molar-refractivity contribution is -0.151. The summed E-state index contributed by atoms with van der Waals surface area (Å²) in [7, 11) is 0. The molecule has 2 N–H and O–H groups in total. The number of rotatable bonds is 13. The van der Waals surface area contributed by atoms with Crippen LogP contribution in [-0.2, 0) is 9.59 Å². The predicted molar refractivity (Wildman–Crippen MR) is 86.8 cm³/mol. The molecule has 118 valence electrons. The molecule has 0 saturated heterocycles. The van der Waals surface area contributed by atoms with Crippen LogP contribution in [0.4, 0.5) is 0 Å². The molecule has 0 aromatic rings. The van der Waals surface area contributed by atoms with E-state index < -0.39 is 17.4 Å². The van der Waals surface area contributed by atoms with E-state index in [0.717, 1.165) is 36.3 Å². The van der Waals surface area contributed by atoms with Crippen molar-refractivity contribution in [3.05, 3.63) is 0 Å². The molecule has 0 aliphatic rings. The van der Waals surface area contributed by atoms with E-state index in [-0.39, 0.29) is 6.42 Å². The van der Waals surface area contributed by atoms with Crippen LogP contribution in [0.15, 0.2) is 0 Å². The second kappa shape index (κ2) is 11.5. The van der Waals surface area contributed by atoms with Gasteiger partial charge in [-0.15, -0.1) is 0 Å². The van der Waals surface area contributed by atoms with Gasteiger partial charge in [0.1, 0.15) is 0 Å². The molecule has 0 atom stereocenters. The third-order valence-electron chi connectivity index (χ3n) is 3.58. The highest BCUT2D eigenvalue weighted by Gasteiger charge is 2.36. The molecule has 0 aromatic carbocycles. The minimum Gasteiger partial charge on any atom is -0.481 e. The maximum absolute atomic E-state index is 11.7. The summed E-state index contributed by atoms with van der Waals surface area (Å²) in [5.41, 5.74) is -0.750. The van der Waals surface area contributed by atoms with Gasteiger partial charge < -0.3 is 10.2 Å². The Labute approximate surface area is 137 Å². The molecule has 0 saturated carbocycles. The van der Waals surface area contributed by atoms with Gasteiger partial charge in [0.25, 0.3) is 0 Å². The second-order valence-corrected chi connectivity index (χ2v) is 6.71. The van der Waals surface area contributed by atoms with Crippen LogP contribution in [-0.4, -0.2) is 32.8 Å². The van der Waals surface area contributed by atoms with Crippen molar-refractivity contribution < 1.29 is 19.8 Å². The number of carboxylic acid groups (broad SMARTS) is 2. The normalized spacial score (nSPS) is 11.5. The van der Waals surface area contributed by atoms with E-state index >= 15 is 0 Å². The SMILES string of the molecule is O=C(O)CCCC(CCCCBr)(CCCCBr)C(=O)O. The van der Waals surface area contributed by atoms with Crippen LogP contribution in [0.1, 0.15) is 57.8 Å².